The van der Waals surface area contributed by atoms with Gasteiger partial charge in [0, 0.05) is 0 Å². The van der Waals surface area contributed by atoms with Gasteiger partial charge >= 0.3 is 0 Å². The van der Waals surface area contributed by atoms with Gasteiger partial charge in [0.1, 0.15) is 0 Å². The Morgan fingerprint density at radius 2 is 2.33 bits per heavy atom. The summed E-state index contributed by atoms with van der Waals surface area (Å²) in [5.41, 5.74) is 1.30. The van der Waals surface area contributed by atoms with Gasteiger partial charge in [-0.2, -0.15) is 0 Å². The molecule has 54 valence electrons. The lowest BCUT2D eigenvalue weighted by Gasteiger charge is -1.95. The lowest BCUT2D eigenvalue weighted by molar-refractivity contribution is 0.341. The lowest BCUT2D eigenvalue weighted by atomic mass is 10.2. The van der Waals surface area contributed by atoms with Crippen molar-refractivity contribution in [3.63, 3.8) is 0 Å². The fourth-order valence-electron chi connectivity index (χ4n) is 0.604. The molecule has 0 bridgehead atoms. The maximum atomic E-state index is 8.46. The zero-order chi connectivity index (χ0) is 7.11. The van der Waals surface area contributed by atoms with Crippen molar-refractivity contribution in [2.45, 2.75) is 19.8 Å². The molecule has 0 rings (SSSR count). The molecule has 0 spiro atoms. The Bertz CT molecular complexity index is 88.9. The molecule has 0 saturated heterocycles. The fraction of sp³-hybridized carbons (Fsp3) is 0.714. The van der Waals surface area contributed by atoms with Crippen LogP contribution in [0.1, 0.15) is 19.8 Å². The summed E-state index contributed by atoms with van der Waals surface area (Å²) < 4.78 is 1.20. The molecule has 0 heterocycles. The van der Waals surface area contributed by atoms with E-state index in [2.05, 4.69) is 29.5 Å². The highest BCUT2D eigenvalue weighted by molar-refractivity contribution is 14.1. The monoisotopic (exact) mass is 240 g/mol. The molecule has 0 aromatic carbocycles. The second-order valence-electron chi connectivity index (χ2n) is 2.03. The second kappa shape index (κ2) is 6.55. The molecule has 1 N–H and O–H groups in total. The third-order valence-electron chi connectivity index (χ3n) is 1.14. The van der Waals surface area contributed by atoms with Gasteiger partial charge in [-0.15, -0.1) is 0 Å². The van der Waals surface area contributed by atoms with E-state index in [0.717, 1.165) is 6.42 Å². The Morgan fingerprint density at radius 3 is 2.78 bits per heavy atom. The highest BCUT2D eigenvalue weighted by Crippen LogP contribution is 2.04. The molecule has 0 atom stereocenters. The highest BCUT2D eigenvalue weighted by atomic mass is 127. The van der Waals surface area contributed by atoms with Crippen molar-refractivity contribution in [3.05, 3.63) is 11.6 Å². The lowest BCUT2D eigenvalue weighted by Crippen LogP contribution is -1.81. The Labute approximate surface area is 70.3 Å². The van der Waals surface area contributed by atoms with Gasteiger partial charge in [-0.3, -0.25) is 0 Å². The first-order valence-corrected chi connectivity index (χ1v) is 4.66. The van der Waals surface area contributed by atoms with Crippen molar-refractivity contribution >= 4 is 22.6 Å². The molecule has 0 aliphatic carbocycles. The Hall–Kier alpha value is 0.430. The minimum atomic E-state index is 0.188. The van der Waals surface area contributed by atoms with Crippen molar-refractivity contribution in [2.75, 3.05) is 11.0 Å². The first-order chi connectivity index (χ1) is 4.31. The van der Waals surface area contributed by atoms with Gasteiger partial charge < -0.3 is 5.11 Å². The van der Waals surface area contributed by atoms with Crippen LogP contribution in [-0.2, 0) is 0 Å². The third kappa shape index (κ3) is 6.31. The first-order valence-electron chi connectivity index (χ1n) is 3.13. The smallest absolute Gasteiger partial charge is 0.0614 e. The molecule has 0 saturated carbocycles. The summed E-state index contributed by atoms with van der Waals surface area (Å²) >= 11 is 2.36. The number of allylic oxidation sites excluding steroid dienone is 1. The van der Waals surface area contributed by atoms with Crippen LogP contribution >= 0.6 is 22.6 Å². The molecular formula is C7H13IO. The summed E-state index contributed by atoms with van der Waals surface area (Å²) in [7, 11) is 0. The van der Waals surface area contributed by atoms with Gasteiger partial charge in [0.2, 0.25) is 0 Å². The molecule has 0 unspecified atom stereocenters. The number of halogens is 1. The van der Waals surface area contributed by atoms with E-state index in [1.54, 1.807) is 0 Å². The van der Waals surface area contributed by atoms with E-state index in [1.807, 2.05) is 6.08 Å². The molecule has 2 heteroatoms. The van der Waals surface area contributed by atoms with Gasteiger partial charge in [0.25, 0.3) is 0 Å². The average Bonchev–Trinajstić information content (AvgIpc) is 1.85. The predicted octanol–water partition coefficient (Wildman–Crippen LogP) is 2.14. The normalized spacial score (nSPS) is 12.1. The van der Waals surface area contributed by atoms with E-state index in [9.17, 15) is 0 Å². The van der Waals surface area contributed by atoms with Crippen LogP contribution in [0.2, 0.25) is 0 Å². The van der Waals surface area contributed by atoms with Crippen molar-refractivity contribution in [2.24, 2.45) is 0 Å². The highest BCUT2D eigenvalue weighted by Gasteiger charge is 1.86. The minimum Gasteiger partial charge on any atom is -0.392 e. The number of rotatable bonds is 4. The van der Waals surface area contributed by atoms with Gasteiger partial charge in [0.05, 0.1) is 6.61 Å². The molecule has 0 fully saturated rings. The van der Waals surface area contributed by atoms with Crippen molar-refractivity contribution in [1.29, 1.82) is 0 Å². The molecular weight excluding hydrogens is 227 g/mol. The molecule has 0 aliphatic rings. The zero-order valence-corrected chi connectivity index (χ0v) is 7.89. The van der Waals surface area contributed by atoms with E-state index in [4.69, 9.17) is 5.11 Å². The largest absolute Gasteiger partial charge is 0.392 e. The molecule has 0 aromatic rings. The van der Waals surface area contributed by atoms with Gasteiger partial charge in [-0.05, 0) is 24.2 Å². The molecule has 0 amide bonds. The number of alkyl halides is 1. The number of hydrogen-bond donors (Lipinski definition) is 1. The van der Waals surface area contributed by atoms with E-state index < -0.39 is 0 Å². The summed E-state index contributed by atoms with van der Waals surface area (Å²) in [5, 5.41) is 8.46. The molecule has 0 aromatic heterocycles. The first kappa shape index (κ1) is 9.43. The molecule has 0 radical (unpaired) electrons. The Morgan fingerprint density at radius 1 is 1.67 bits per heavy atom. The molecule has 0 aliphatic heterocycles. The van der Waals surface area contributed by atoms with Gasteiger partial charge in [-0.1, -0.05) is 34.2 Å². The minimum absolute atomic E-state index is 0.188. The SMILES string of the molecule is CC(=CCO)CCCI. The fourth-order valence-corrected chi connectivity index (χ4v) is 0.985. The summed E-state index contributed by atoms with van der Waals surface area (Å²) in [5.74, 6) is 0. The average molecular weight is 240 g/mol. The van der Waals surface area contributed by atoms with E-state index in [1.165, 1.54) is 16.4 Å². The van der Waals surface area contributed by atoms with Crippen LogP contribution in [0.15, 0.2) is 11.6 Å². The topological polar surface area (TPSA) is 20.2 Å². The summed E-state index contributed by atoms with van der Waals surface area (Å²) in [4.78, 5) is 0. The van der Waals surface area contributed by atoms with Crippen LogP contribution in [0.4, 0.5) is 0 Å². The summed E-state index contributed by atoms with van der Waals surface area (Å²) in [6.07, 6.45) is 4.22. The van der Waals surface area contributed by atoms with E-state index in [0.29, 0.717) is 0 Å². The molecule has 1 nitrogen and oxygen atoms in total. The quantitative estimate of drug-likeness (QED) is 0.453. The zero-order valence-electron chi connectivity index (χ0n) is 5.73. The van der Waals surface area contributed by atoms with Crippen LogP contribution in [0.25, 0.3) is 0 Å². The number of aliphatic hydroxyl groups excluding tert-OH is 1. The molecule has 9 heavy (non-hydrogen) atoms. The second-order valence-corrected chi connectivity index (χ2v) is 3.10. The van der Waals surface area contributed by atoms with Crippen molar-refractivity contribution in [3.8, 4) is 0 Å². The standard InChI is InChI=1S/C7H13IO/c1-7(4-6-9)3-2-5-8/h4,9H,2-3,5-6H2,1H3. The van der Waals surface area contributed by atoms with Crippen LogP contribution < -0.4 is 0 Å². The van der Waals surface area contributed by atoms with Crippen molar-refractivity contribution in [1.82, 2.24) is 0 Å². The number of hydrogen-bond acceptors (Lipinski definition) is 1. The van der Waals surface area contributed by atoms with Gasteiger partial charge in [-0.25, -0.2) is 0 Å². The van der Waals surface area contributed by atoms with Crippen molar-refractivity contribution < 1.29 is 5.11 Å². The van der Waals surface area contributed by atoms with Crippen LogP contribution in [0.5, 0.6) is 0 Å². The van der Waals surface area contributed by atoms with Crippen LogP contribution in [-0.4, -0.2) is 16.1 Å². The number of aliphatic hydroxyl groups is 1. The maximum Gasteiger partial charge on any atom is 0.0614 e. The Kier molecular flexibility index (Phi) is 6.86. The van der Waals surface area contributed by atoms with Crippen LogP contribution in [0, 0.1) is 0 Å². The summed E-state index contributed by atoms with van der Waals surface area (Å²) in [6.45, 7) is 2.25. The third-order valence-corrected chi connectivity index (χ3v) is 1.91. The maximum absolute atomic E-state index is 8.46. The van der Waals surface area contributed by atoms with E-state index >= 15 is 0 Å². The van der Waals surface area contributed by atoms with Crippen LogP contribution in [0.3, 0.4) is 0 Å². The van der Waals surface area contributed by atoms with E-state index in [-0.39, 0.29) is 6.61 Å². The Balaban J connectivity index is 3.25. The predicted molar refractivity (Wildman–Crippen MR) is 49.0 cm³/mol. The van der Waals surface area contributed by atoms with Gasteiger partial charge in [0.15, 0.2) is 0 Å². The summed E-state index contributed by atoms with van der Waals surface area (Å²) in [6, 6.07) is 0.